The SMILES string of the molecule is COc1cc(-c2ccc3c(c2Nc2n[nH]c(S(=O)(=O)N4CC5(CCN(C)C5)C4)n2)CCO3)ccn1. The van der Waals surface area contributed by atoms with Crippen molar-refractivity contribution in [2.45, 2.75) is 18.0 Å². The molecule has 2 aromatic heterocycles. The van der Waals surface area contributed by atoms with E-state index in [1.807, 2.05) is 24.3 Å². The Hall–Kier alpha value is -3.22. The maximum atomic E-state index is 13.2. The van der Waals surface area contributed by atoms with Crippen LogP contribution in [0.3, 0.4) is 0 Å². The molecule has 1 aromatic carbocycles. The number of likely N-dealkylation sites (tertiary alicyclic amines) is 1. The Labute approximate surface area is 203 Å². The highest BCUT2D eigenvalue weighted by Crippen LogP contribution is 2.42. The van der Waals surface area contributed by atoms with Crippen LogP contribution < -0.4 is 14.8 Å². The van der Waals surface area contributed by atoms with E-state index < -0.39 is 10.0 Å². The summed E-state index contributed by atoms with van der Waals surface area (Å²) in [4.78, 5) is 10.7. The number of pyridine rings is 1. The number of benzene rings is 1. The van der Waals surface area contributed by atoms with Gasteiger partial charge in [0.1, 0.15) is 5.75 Å². The normalized spacial score (nSPS) is 19.4. The zero-order valence-corrected chi connectivity index (χ0v) is 20.4. The number of anilines is 2. The maximum Gasteiger partial charge on any atom is 0.278 e. The monoisotopic (exact) mass is 497 g/mol. The van der Waals surface area contributed by atoms with E-state index in [9.17, 15) is 8.42 Å². The number of fused-ring (bicyclic) bond motifs is 1. The number of H-pyrrole nitrogens is 1. The van der Waals surface area contributed by atoms with Gasteiger partial charge in [0, 0.05) is 54.9 Å². The third-order valence-electron chi connectivity index (χ3n) is 7.07. The van der Waals surface area contributed by atoms with Crippen LogP contribution in [0.2, 0.25) is 0 Å². The van der Waals surface area contributed by atoms with Gasteiger partial charge in [0.25, 0.3) is 15.2 Å². The number of hydrogen-bond acceptors (Lipinski definition) is 9. The standard InChI is InChI=1S/C23H27N7O4S/c1-29-9-7-23(12-29)13-30(14-23)35(31,32)22-26-21(27-28-22)25-20-16(3-4-18-17(20)6-10-34-18)15-5-8-24-19(11-15)33-2/h3-5,8,11H,6-7,9-10,12-14H2,1-2H3,(H2,25,26,27,28). The lowest BCUT2D eigenvalue weighted by atomic mass is 9.81. The van der Waals surface area contributed by atoms with Crippen molar-refractivity contribution in [1.29, 1.82) is 0 Å². The molecule has 0 amide bonds. The van der Waals surface area contributed by atoms with Crippen LogP contribution in [0.5, 0.6) is 11.6 Å². The predicted octanol–water partition coefficient (Wildman–Crippen LogP) is 1.88. The lowest BCUT2D eigenvalue weighted by Crippen LogP contribution is -2.59. The maximum absolute atomic E-state index is 13.2. The minimum absolute atomic E-state index is 0.0635. The molecule has 0 bridgehead atoms. The third kappa shape index (κ3) is 3.81. The van der Waals surface area contributed by atoms with Crippen LogP contribution in [0.25, 0.3) is 11.1 Å². The average molecular weight is 498 g/mol. The van der Waals surface area contributed by atoms with E-state index in [-0.39, 0.29) is 16.5 Å². The van der Waals surface area contributed by atoms with Gasteiger partial charge in [-0.1, -0.05) is 0 Å². The van der Waals surface area contributed by atoms with Gasteiger partial charge in [-0.05, 0) is 43.8 Å². The summed E-state index contributed by atoms with van der Waals surface area (Å²) in [5.41, 5.74) is 3.60. The van der Waals surface area contributed by atoms with Crippen molar-refractivity contribution in [2.24, 2.45) is 5.41 Å². The minimum Gasteiger partial charge on any atom is -0.493 e. The van der Waals surface area contributed by atoms with Gasteiger partial charge in [0.15, 0.2) is 0 Å². The number of sulfonamides is 1. The summed E-state index contributed by atoms with van der Waals surface area (Å²) in [6.07, 6.45) is 3.41. The van der Waals surface area contributed by atoms with Crippen molar-refractivity contribution < 1.29 is 17.9 Å². The molecule has 0 unspecified atom stereocenters. The first-order valence-corrected chi connectivity index (χ1v) is 13.0. The summed E-state index contributed by atoms with van der Waals surface area (Å²) >= 11 is 0. The molecule has 0 aliphatic carbocycles. The smallest absolute Gasteiger partial charge is 0.278 e. The molecular weight excluding hydrogens is 470 g/mol. The molecule has 0 saturated carbocycles. The first-order chi connectivity index (χ1) is 16.9. The van der Waals surface area contributed by atoms with Gasteiger partial charge in [0.2, 0.25) is 11.8 Å². The third-order valence-corrected chi connectivity index (χ3v) is 8.68. The summed E-state index contributed by atoms with van der Waals surface area (Å²) in [7, 11) is -0.0981. The van der Waals surface area contributed by atoms with Crippen LogP contribution in [0, 0.1) is 5.41 Å². The molecule has 0 atom stereocenters. The van der Waals surface area contributed by atoms with E-state index in [2.05, 4.69) is 37.4 Å². The van der Waals surface area contributed by atoms with Crippen molar-refractivity contribution >= 4 is 21.7 Å². The molecule has 2 fully saturated rings. The Balaban J connectivity index is 1.28. The number of nitrogens with one attached hydrogen (secondary N) is 2. The van der Waals surface area contributed by atoms with Gasteiger partial charge >= 0.3 is 0 Å². The quantitative estimate of drug-likeness (QED) is 0.525. The molecule has 12 heteroatoms. The summed E-state index contributed by atoms with van der Waals surface area (Å²) in [6, 6.07) is 7.61. The minimum atomic E-state index is -3.74. The number of rotatable bonds is 6. The van der Waals surface area contributed by atoms with Crippen molar-refractivity contribution in [3.63, 3.8) is 0 Å². The van der Waals surface area contributed by atoms with Crippen LogP contribution in [-0.4, -0.2) is 84.7 Å². The summed E-state index contributed by atoms with van der Waals surface area (Å²) in [5.74, 6) is 1.47. The number of methoxy groups -OCH3 is 1. The average Bonchev–Trinajstić information content (AvgIpc) is 3.58. The lowest BCUT2D eigenvalue weighted by molar-refractivity contribution is 0.0807. The van der Waals surface area contributed by atoms with E-state index >= 15 is 0 Å². The zero-order valence-electron chi connectivity index (χ0n) is 19.6. The highest BCUT2D eigenvalue weighted by atomic mass is 32.2. The van der Waals surface area contributed by atoms with E-state index in [4.69, 9.17) is 9.47 Å². The van der Waals surface area contributed by atoms with Crippen molar-refractivity contribution in [3.05, 3.63) is 36.0 Å². The highest BCUT2D eigenvalue weighted by Gasteiger charge is 2.51. The Kier molecular flexibility index (Phi) is 5.20. The summed E-state index contributed by atoms with van der Waals surface area (Å²) in [5, 5.41) is 9.89. The summed E-state index contributed by atoms with van der Waals surface area (Å²) in [6.45, 7) is 3.53. The molecule has 11 nitrogen and oxygen atoms in total. The van der Waals surface area contributed by atoms with Crippen molar-refractivity contribution in [1.82, 2.24) is 29.4 Å². The molecule has 2 N–H and O–H groups in total. The molecular formula is C23H27N7O4S. The first-order valence-electron chi connectivity index (χ1n) is 11.5. The van der Waals surface area contributed by atoms with Gasteiger partial charge in [0.05, 0.1) is 19.4 Å². The molecule has 3 aromatic rings. The Morgan fingerprint density at radius 1 is 1.23 bits per heavy atom. The number of ether oxygens (including phenoxy) is 2. The molecule has 1 spiro atoms. The van der Waals surface area contributed by atoms with E-state index in [0.717, 1.165) is 47.6 Å². The second-order valence-corrected chi connectivity index (χ2v) is 11.4. The highest BCUT2D eigenvalue weighted by molar-refractivity contribution is 7.89. The van der Waals surface area contributed by atoms with Crippen LogP contribution in [-0.2, 0) is 16.4 Å². The van der Waals surface area contributed by atoms with Crippen LogP contribution in [0.4, 0.5) is 11.6 Å². The van der Waals surface area contributed by atoms with Crippen molar-refractivity contribution in [3.8, 4) is 22.8 Å². The van der Waals surface area contributed by atoms with Crippen LogP contribution in [0.15, 0.2) is 35.6 Å². The van der Waals surface area contributed by atoms with Crippen LogP contribution >= 0.6 is 0 Å². The predicted molar refractivity (Wildman–Crippen MR) is 128 cm³/mol. The Bertz CT molecular complexity index is 1380. The van der Waals surface area contributed by atoms with Gasteiger partial charge in [-0.25, -0.2) is 18.5 Å². The molecule has 35 heavy (non-hydrogen) atoms. The van der Waals surface area contributed by atoms with E-state index in [1.54, 1.807) is 13.3 Å². The number of aromatic nitrogens is 4. The summed E-state index contributed by atoms with van der Waals surface area (Å²) < 4.78 is 38.8. The first kappa shape index (κ1) is 22.3. The van der Waals surface area contributed by atoms with E-state index in [0.29, 0.717) is 32.0 Å². The Morgan fingerprint density at radius 3 is 2.86 bits per heavy atom. The van der Waals surface area contributed by atoms with Crippen molar-refractivity contribution in [2.75, 3.05) is 52.3 Å². The van der Waals surface area contributed by atoms with Gasteiger partial charge in [-0.15, -0.1) is 5.10 Å². The fourth-order valence-corrected chi connectivity index (χ4v) is 6.78. The van der Waals surface area contributed by atoms with Gasteiger partial charge < -0.3 is 19.7 Å². The van der Waals surface area contributed by atoms with E-state index in [1.165, 1.54) is 4.31 Å². The second kappa shape index (κ2) is 8.18. The second-order valence-electron chi connectivity index (χ2n) is 9.50. The molecule has 3 aliphatic rings. The van der Waals surface area contributed by atoms with Gasteiger partial charge in [-0.3, -0.25) is 0 Å². The molecule has 3 aliphatic heterocycles. The number of hydrogen-bond donors (Lipinski definition) is 2. The fourth-order valence-electron chi connectivity index (χ4n) is 5.29. The number of aromatic amines is 1. The Morgan fingerprint density at radius 2 is 2.09 bits per heavy atom. The van der Waals surface area contributed by atoms with Gasteiger partial charge in [-0.2, -0.15) is 9.29 Å². The number of nitrogens with zero attached hydrogens (tertiary/aromatic N) is 5. The molecule has 184 valence electrons. The lowest BCUT2D eigenvalue weighted by Gasteiger charge is -2.46. The molecule has 2 saturated heterocycles. The van der Waals surface area contributed by atoms with Crippen LogP contribution in [0.1, 0.15) is 12.0 Å². The fraction of sp³-hybridized carbons (Fsp3) is 0.435. The molecule has 5 heterocycles. The topological polar surface area (TPSA) is 126 Å². The molecule has 0 radical (unpaired) electrons. The largest absolute Gasteiger partial charge is 0.493 e. The molecule has 6 rings (SSSR count). The zero-order chi connectivity index (χ0) is 24.2.